The molecule has 1 N–H and O–H groups in total. The van der Waals surface area contributed by atoms with Gasteiger partial charge in [0.15, 0.2) is 6.61 Å². The maximum atomic E-state index is 13.6. The Morgan fingerprint density at radius 1 is 0.917 bits per heavy atom. The van der Waals surface area contributed by atoms with E-state index in [-0.39, 0.29) is 18.4 Å². The van der Waals surface area contributed by atoms with Gasteiger partial charge in [0, 0.05) is 24.0 Å². The number of carbonyl (C=O) groups is 2. The van der Waals surface area contributed by atoms with Crippen molar-refractivity contribution < 1.29 is 14.3 Å². The van der Waals surface area contributed by atoms with E-state index in [1.807, 2.05) is 78.9 Å². The highest BCUT2D eigenvalue weighted by molar-refractivity contribution is 9.10. The largest absolute Gasteiger partial charge is 0.484 e. The molecule has 0 unspecified atom stereocenters. The summed E-state index contributed by atoms with van der Waals surface area (Å²) in [6.07, 6.45) is 1.35. The average molecular weight is 552 g/mol. The lowest BCUT2D eigenvalue weighted by molar-refractivity contribution is -0.142. The summed E-state index contributed by atoms with van der Waals surface area (Å²) in [6.45, 7) is 6.88. The van der Waals surface area contributed by atoms with E-state index in [1.165, 1.54) is 5.56 Å². The van der Waals surface area contributed by atoms with Crippen molar-refractivity contribution in [1.29, 1.82) is 0 Å². The van der Waals surface area contributed by atoms with Crippen molar-refractivity contribution in [3.63, 3.8) is 0 Å². The third kappa shape index (κ3) is 8.52. The lowest BCUT2D eigenvalue weighted by Crippen LogP contribution is -2.52. The zero-order chi connectivity index (χ0) is 25.9. The summed E-state index contributed by atoms with van der Waals surface area (Å²) in [7, 11) is 0. The van der Waals surface area contributed by atoms with Gasteiger partial charge in [-0.2, -0.15) is 0 Å². The van der Waals surface area contributed by atoms with Crippen LogP contribution in [0.2, 0.25) is 0 Å². The van der Waals surface area contributed by atoms with Crippen LogP contribution in [0, 0.1) is 5.92 Å². The number of amides is 2. The molecule has 190 valence electrons. The highest BCUT2D eigenvalue weighted by atomic mass is 79.9. The van der Waals surface area contributed by atoms with Crippen molar-refractivity contribution >= 4 is 27.7 Å². The van der Waals surface area contributed by atoms with Crippen LogP contribution in [-0.4, -0.2) is 35.9 Å². The van der Waals surface area contributed by atoms with E-state index in [1.54, 1.807) is 4.90 Å². The maximum Gasteiger partial charge on any atom is 0.261 e. The number of rotatable bonds is 12. The standard InChI is InChI=1S/C30H35BrN2O3/c1-4-23-13-15-27(16-14-23)36-21-29(34)33(20-25-11-8-12-26(31)17-25)28(30(35)32-19-22(2)3)18-24-9-6-5-7-10-24/h5-17,22,28H,4,18-21H2,1-3H3,(H,32,35)/t28-/m1/s1. The molecular formula is C30H35BrN2O3. The normalized spacial score (nSPS) is 11.7. The van der Waals surface area contributed by atoms with Crippen LogP contribution in [0.1, 0.15) is 37.5 Å². The number of nitrogens with one attached hydrogen (secondary N) is 1. The lowest BCUT2D eigenvalue weighted by atomic mass is 10.0. The number of hydrogen-bond acceptors (Lipinski definition) is 3. The molecule has 0 heterocycles. The summed E-state index contributed by atoms with van der Waals surface area (Å²) in [5.74, 6) is 0.528. The number of carbonyl (C=O) groups excluding carboxylic acids is 2. The van der Waals surface area contributed by atoms with Crippen LogP contribution in [0.15, 0.2) is 83.3 Å². The van der Waals surface area contributed by atoms with Crippen LogP contribution in [0.4, 0.5) is 0 Å². The van der Waals surface area contributed by atoms with Crippen molar-refractivity contribution in [3.8, 4) is 5.75 Å². The highest BCUT2D eigenvalue weighted by Gasteiger charge is 2.30. The van der Waals surface area contributed by atoms with Gasteiger partial charge in [0.2, 0.25) is 5.91 Å². The highest BCUT2D eigenvalue weighted by Crippen LogP contribution is 2.19. The van der Waals surface area contributed by atoms with Crippen molar-refractivity contribution in [3.05, 3.63) is 100 Å². The number of halogens is 1. The van der Waals surface area contributed by atoms with Gasteiger partial charge in [-0.25, -0.2) is 0 Å². The number of benzene rings is 3. The van der Waals surface area contributed by atoms with E-state index in [2.05, 4.69) is 42.0 Å². The van der Waals surface area contributed by atoms with Gasteiger partial charge in [-0.15, -0.1) is 0 Å². The Labute approximate surface area is 223 Å². The fraction of sp³-hybridized carbons (Fsp3) is 0.333. The molecule has 0 aliphatic rings. The zero-order valence-corrected chi connectivity index (χ0v) is 22.8. The van der Waals surface area contributed by atoms with Gasteiger partial charge in [-0.1, -0.05) is 91.3 Å². The minimum absolute atomic E-state index is 0.151. The van der Waals surface area contributed by atoms with E-state index in [4.69, 9.17) is 4.74 Å². The van der Waals surface area contributed by atoms with E-state index in [0.29, 0.717) is 31.2 Å². The molecule has 0 fully saturated rings. The van der Waals surface area contributed by atoms with Crippen LogP contribution < -0.4 is 10.1 Å². The number of hydrogen-bond donors (Lipinski definition) is 1. The van der Waals surface area contributed by atoms with Gasteiger partial charge in [-0.3, -0.25) is 9.59 Å². The van der Waals surface area contributed by atoms with Crippen LogP contribution in [0.5, 0.6) is 5.75 Å². The Balaban J connectivity index is 1.88. The molecule has 0 radical (unpaired) electrons. The molecule has 0 bridgehead atoms. The fourth-order valence-corrected chi connectivity index (χ4v) is 4.30. The van der Waals surface area contributed by atoms with Gasteiger partial charge in [0.25, 0.3) is 5.91 Å². The summed E-state index contributed by atoms with van der Waals surface area (Å²) < 4.78 is 6.78. The predicted octanol–water partition coefficient (Wildman–Crippen LogP) is 5.80. The molecule has 0 aliphatic carbocycles. The fourth-order valence-electron chi connectivity index (χ4n) is 3.86. The van der Waals surface area contributed by atoms with Crippen molar-refractivity contribution in [2.75, 3.05) is 13.2 Å². The maximum absolute atomic E-state index is 13.6. The second-order valence-electron chi connectivity index (χ2n) is 9.28. The Kier molecular flexibility index (Phi) is 10.6. The molecule has 0 aliphatic heterocycles. The average Bonchev–Trinajstić information content (AvgIpc) is 2.88. The van der Waals surface area contributed by atoms with E-state index >= 15 is 0 Å². The molecule has 36 heavy (non-hydrogen) atoms. The number of aryl methyl sites for hydroxylation is 1. The Bertz CT molecular complexity index is 1120. The monoisotopic (exact) mass is 550 g/mol. The molecule has 0 aromatic heterocycles. The third-order valence-electron chi connectivity index (χ3n) is 5.89. The molecular weight excluding hydrogens is 516 g/mol. The summed E-state index contributed by atoms with van der Waals surface area (Å²) in [6, 6.07) is 24.7. The number of nitrogens with zero attached hydrogens (tertiary/aromatic N) is 1. The number of ether oxygens (including phenoxy) is 1. The summed E-state index contributed by atoms with van der Waals surface area (Å²) in [4.78, 5) is 28.7. The second-order valence-corrected chi connectivity index (χ2v) is 10.2. The Hall–Kier alpha value is -3.12. The first kappa shape index (κ1) is 27.5. The van der Waals surface area contributed by atoms with Crippen LogP contribution in [-0.2, 0) is 29.0 Å². The zero-order valence-electron chi connectivity index (χ0n) is 21.2. The molecule has 0 saturated heterocycles. The smallest absolute Gasteiger partial charge is 0.261 e. The van der Waals surface area contributed by atoms with Crippen molar-refractivity contribution in [2.45, 2.75) is 46.2 Å². The summed E-state index contributed by atoms with van der Waals surface area (Å²) in [5.41, 5.74) is 3.12. The van der Waals surface area contributed by atoms with Crippen LogP contribution >= 0.6 is 15.9 Å². The molecule has 0 spiro atoms. The van der Waals surface area contributed by atoms with Gasteiger partial charge in [-0.05, 0) is 53.3 Å². The summed E-state index contributed by atoms with van der Waals surface area (Å²) in [5, 5.41) is 3.04. The molecule has 3 rings (SSSR count). The predicted molar refractivity (Wildman–Crippen MR) is 148 cm³/mol. The lowest BCUT2D eigenvalue weighted by Gasteiger charge is -2.31. The molecule has 3 aromatic rings. The molecule has 1 atom stereocenters. The minimum Gasteiger partial charge on any atom is -0.484 e. The van der Waals surface area contributed by atoms with Crippen LogP contribution in [0.25, 0.3) is 0 Å². The molecule has 2 amide bonds. The second kappa shape index (κ2) is 13.8. The van der Waals surface area contributed by atoms with E-state index < -0.39 is 6.04 Å². The van der Waals surface area contributed by atoms with Crippen molar-refractivity contribution in [2.24, 2.45) is 5.92 Å². The first-order chi connectivity index (χ1) is 17.4. The van der Waals surface area contributed by atoms with E-state index in [9.17, 15) is 9.59 Å². The molecule has 0 saturated carbocycles. The quantitative estimate of drug-likeness (QED) is 0.310. The van der Waals surface area contributed by atoms with Crippen molar-refractivity contribution in [1.82, 2.24) is 10.2 Å². The van der Waals surface area contributed by atoms with Gasteiger partial charge in [0.05, 0.1) is 0 Å². The van der Waals surface area contributed by atoms with Gasteiger partial charge < -0.3 is 15.0 Å². The van der Waals surface area contributed by atoms with Gasteiger partial charge in [0.1, 0.15) is 11.8 Å². The molecule has 6 heteroatoms. The first-order valence-corrected chi connectivity index (χ1v) is 13.2. The first-order valence-electron chi connectivity index (χ1n) is 12.4. The van der Waals surface area contributed by atoms with Gasteiger partial charge >= 0.3 is 0 Å². The Morgan fingerprint density at radius 2 is 1.61 bits per heavy atom. The van der Waals surface area contributed by atoms with E-state index in [0.717, 1.165) is 22.0 Å². The van der Waals surface area contributed by atoms with Crippen LogP contribution in [0.3, 0.4) is 0 Å². The summed E-state index contributed by atoms with van der Waals surface area (Å²) >= 11 is 3.52. The third-order valence-corrected chi connectivity index (χ3v) is 6.38. The Morgan fingerprint density at radius 3 is 2.25 bits per heavy atom. The topological polar surface area (TPSA) is 58.6 Å². The SMILES string of the molecule is CCc1ccc(OCC(=O)N(Cc2cccc(Br)c2)[C@H](Cc2ccccc2)C(=O)NCC(C)C)cc1. The molecule has 5 nitrogen and oxygen atoms in total. The molecule has 3 aromatic carbocycles. The minimum atomic E-state index is -0.677.